The average Bonchev–Trinajstić information content (AvgIpc) is 2.98. The van der Waals surface area contributed by atoms with E-state index in [0.717, 1.165) is 57.3 Å². The molecule has 2 rings (SSSR count). The number of nitrogens with zero attached hydrogens (tertiary/aromatic N) is 2. The van der Waals surface area contributed by atoms with Gasteiger partial charge in [0.25, 0.3) is 0 Å². The number of ether oxygens (including phenoxy) is 2. The van der Waals surface area contributed by atoms with Crippen molar-refractivity contribution >= 4 is 23.6 Å². The molecule has 2 aromatic rings. The van der Waals surface area contributed by atoms with Gasteiger partial charge < -0.3 is 40.1 Å². The van der Waals surface area contributed by atoms with Crippen LogP contribution in [0.1, 0.15) is 80.1 Å². The standard InChI is InChI=1S/C18H30N2O2.C16H26N2O4/c1-5-8-15(4)19-18(21)22-17-11-9-16(10-12-17)20(13-6-2)14-7-3;1-3-4-13(2)17-16(21)22-15-7-5-14(6-8-15)18(9-11-19)10-12-20/h9-12,15H,5-8,13-14H2,1-4H3,(H,19,21);5-8,13,19-20H,3-4,9-12H2,1-2H3,(H,17,21). The van der Waals surface area contributed by atoms with Crippen molar-refractivity contribution in [2.75, 3.05) is 49.2 Å². The number of amides is 2. The number of carbonyl (C=O) groups is 2. The van der Waals surface area contributed by atoms with Gasteiger partial charge in [0.05, 0.1) is 13.2 Å². The molecule has 44 heavy (non-hydrogen) atoms. The molecule has 0 bridgehead atoms. The van der Waals surface area contributed by atoms with Crippen molar-refractivity contribution in [3.8, 4) is 11.5 Å². The first-order valence-corrected chi connectivity index (χ1v) is 16.1. The fourth-order valence-electron chi connectivity index (χ4n) is 4.66. The minimum atomic E-state index is -0.462. The van der Waals surface area contributed by atoms with Crippen molar-refractivity contribution in [1.82, 2.24) is 10.6 Å². The molecular formula is C34H56N4O6. The second-order valence-electron chi connectivity index (χ2n) is 10.9. The molecule has 0 aromatic heterocycles. The van der Waals surface area contributed by atoms with Crippen molar-refractivity contribution < 1.29 is 29.3 Å². The van der Waals surface area contributed by atoms with E-state index in [9.17, 15) is 9.59 Å². The van der Waals surface area contributed by atoms with Gasteiger partial charge in [0.1, 0.15) is 11.5 Å². The minimum Gasteiger partial charge on any atom is -0.410 e. The molecule has 2 atom stereocenters. The molecule has 2 amide bonds. The third kappa shape index (κ3) is 15.8. The lowest BCUT2D eigenvalue weighted by Gasteiger charge is -2.23. The molecular weight excluding hydrogens is 560 g/mol. The summed E-state index contributed by atoms with van der Waals surface area (Å²) in [5.74, 6) is 1.04. The molecule has 0 spiro atoms. The van der Waals surface area contributed by atoms with Crippen molar-refractivity contribution in [2.45, 2.75) is 92.2 Å². The number of anilines is 2. The maximum atomic E-state index is 11.8. The zero-order valence-electron chi connectivity index (χ0n) is 27.7. The van der Waals surface area contributed by atoms with Crippen molar-refractivity contribution in [1.29, 1.82) is 0 Å². The van der Waals surface area contributed by atoms with Crippen LogP contribution in [-0.4, -0.2) is 73.9 Å². The fraction of sp³-hybridized carbons (Fsp3) is 0.588. The second-order valence-corrected chi connectivity index (χ2v) is 10.9. The largest absolute Gasteiger partial charge is 0.412 e. The lowest BCUT2D eigenvalue weighted by Crippen LogP contribution is -2.34. The van der Waals surface area contributed by atoms with Crippen LogP contribution in [0, 0.1) is 0 Å². The summed E-state index contributed by atoms with van der Waals surface area (Å²) < 4.78 is 10.5. The predicted octanol–water partition coefficient (Wildman–Crippen LogP) is 6.34. The van der Waals surface area contributed by atoms with E-state index in [2.05, 4.69) is 43.2 Å². The maximum Gasteiger partial charge on any atom is 0.412 e. The number of rotatable bonds is 18. The number of benzene rings is 2. The highest BCUT2D eigenvalue weighted by Crippen LogP contribution is 2.21. The van der Waals surface area contributed by atoms with E-state index in [-0.39, 0.29) is 31.4 Å². The van der Waals surface area contributed by atoms with Crippen molar-refractivity contribution in [3.63, 3.8) is 0 Å². The van der Waals surface area contributed by atoms with Gasteiger partial charge in [-0.2, -0.15) is 0 Å². The summed E-state index contributed by atoms with van der Waals surface area (Å²) >= 11 is 0. The third-order valence-electron chi connectivity index (χ3n) is 6.72. The third-order valence-corrected chi connectivity index (χ3v) is 6.72. The molecule has 0 saturated heterocycles. The molecule has 10 nitrogen and oxygen atoms in total. The van der Waals surface area contributed by atoms with Gasteiger partial charge in [0.2, 0.25) is 0 Å². The molecule has 248 valence electrons. The summed E-state index contributed by atoms with van der Waals surface area (Å²) in [5.41, 5.74) is 2.03. The van der Waals surface area contributed by atoms with E-state index >= 15 is 0 Å². The zero-order chi connectivity index (χ0) is 32.7. The van der Waals surface area contributed by atoms with Crippen molar-refractivity contribution in [2.24, 2.45) is 0 Å². The van der Waals surface area contributed by atoms with Crippen LogP contribution in [0.5, 0.6) is 11.5 Å². The SMILES string of the molecule is CCCC(C)NC(=O)Oc1ccc(N(CCC)CCC)cc1.CCCC(C)NC(=O)Oc1ccc(N(CCO)CCO)cc1. The molecule has 0 aliphatic rings. The first-order chi connectivity index (χ1) is 21.2. The molecule has 10 heteroatoms. The Morgan fingerprint density at radius 2 is 0.955 bits per heavy atom. The number of nitrogens with one attached hydrogen (secondary N) is 2. The molecule has 0 heterocycles. The molecule has 0 aliphatic carbocycles. The van der Waals surface area contributed by atoms with Crippen LogP contribution in [0.3, 0.4) is 0 Å². The Kier molecular flexibility index (Phi) is 20.1. The second kappa shape index (κ2) is 23.0. The Bertz CT molecular complexity index is 940. The Balaban J connectivity index is 0.000000440. The molecule has 2 unspecified atom stereocenters. The Labute approximate surface area is 264 Å². The van der Waals surface area contributed by atoms with Gasteiger partial charge in [-0.25, -0.2) is 9.59 Å². The number of aliphatic hydroxyl groups is 2. The van der Waals surface area contributed by atoms with Crippen LogP contribution in [-0.2, 0) is 0 Å². The Hall–Kier alpha value is -3.50. The van der Waals surface area contributed by atoms with E-state index in [1.807, 2.05) is 43.0 Å². The highest BCUT2D eigenvalue weighted by Gasteiger charge is 2.11. The van der Waals surface area contributed by atoms with Gasteiger partial charge in [0.15, 0.2) is 0 Å². The first kappa shape index (κ1) is 38.5. The zero-order valence-corrected chi connectivity index (χ0v) is 27.7. The van der Waals surface area contributed by atoms with E-state index in [0.29, 0.717) is 24.6 Å². The molecule has 2 aromatic carbocycles. The maximum absolute atomic E-state index is 11.8. The van der Waals surface area contributed by atoms with Gasteiger partial charge >= 0.3 is 12.2 Å². The van der Waals surface area contributed by atoms with E-state index in [1.54, 1.807) is 24.3 Å². The summed E-state index contributed by atoms with van der Waals surface area (Å²) in [5, 5.41) is 23.7. The average molecular weight is 617 g/mol. The van der Waals surface area contributed by atoms with E-state index < -0.39 is 6.09 Å². The quantitative estimate of drug-likeness (QED) is 0.153. The van der Waals surface area contributed by atoms with Crippen LogP contribution in [0.15, 0.2) is 48.5 Å². The molecule has 4 N–H and O–H groups in total. The monoisotopic (exact) mass is 616 g/mol. The highest BCUT2D eigenvalue weighted by molar-refractivity contribution is 5.71. The lowest BCUT2D eigenvalue weighted by molar-refractivity contribution is 0.195. The van der Waals surface area contributed by atoms with Gasteiger partial charge in [-0.15, -0.1) is 0 Å². The van der Waals surface area contributed by atoms with Crippen LogP contribution >= 0.6 is 0 Å². The van der Waals surface area contributed by atoms with Crippen LogP contribution in [0.4, 0.5) is 21.0 Å². The number of hydrogen-bond donors (Lipinski definition) is 4. The molecule has 0 aliphatic heterocycles. The number of aliphatic hydroxyl groups excluding tert-OH is 2. The topological polar surface area (TPSA) is 124 Å². The fourth-order valence-corrected chi connectivity index (χ4v) is 4.66. The minimum absolute atomic E-state index is 0.00990. The van der Waals surface area contributed by atoms with Crippen LogP contribution < -0.4 is 29.9 Å². The van der Waals surface area contributed by atoms with Gasteiger partial charge in [0, 0.05) is 49.6 Å². The number of carbonyl (C=O) groups excluding carboxylic acids is 2. The Morgan fingerprint density at radius 1 is 0.614 bits per heavy atom. The van der Waals surface area contributed by atoms with E-state index in [1.165, 1.54) is 5.69 Å². The summed E-state index contributed by atoms with van der Waals surface area (Å²) in [4.78, 5) is 27.7. The van der Waals surface area contributed by atoms with E-state index in [4.69, 9.17) is 19.7 Å². The summed E-state index contributed by atoms with van der Waals surface area (Å²) in [6.45, 7) is 15.4. The predicted molar refractivity (Wildman–Crippen MR) is 179 cm³/mol. The van der Waals surface area contributed by atoms with Gasteiger partial charge in [-0.05, 0) is 88.1 Å². The highest BCUT2D eigenvalue weighted by atomic mass is 16.6. The molecule has 0 saturated carbocycles. The van der Waals surface area contributed by atoms with Gasteiger partial charge in [-0.3, -0.25) is 0 Å². The Morgan fingerprint density at radius 3 is 1.25 bits per heavy atom. The summed E-state index contributed by atoms with van der Waals surface area (Å²) in [7, 11) is 0. The lowest BCUT2D eigenvalue weighted by atomic mass is 10.2. The van der Waals surface area contributed by atoms with Crippen LogP contribution in [0.25, 0.3) is 0 Å². The smallest absolute Gasteiger partial charge is 0.410 e. The normalized spacial score (nSPS) is 11.8. The van der Waals surface area contributed by atoms with Gasteiger partial charge in [-0.1, -0.05) is 40.5 Å². The molecule has 0 radical (unpaired) electrons. The summed E-state index contributed by atoms with van der Waals surface area (Å²) in [6.07, 6.45) is 5.31. The first-order valence-electron chi connectivity index (χ1n) is 16.1. The van der Waals surface area contributed by atoms with Crippen molar-refractivity contribution in [3.05, 3.63) is 48.5 Å². The molecule has 0 fully saturated rings. The van der Waals surface area contributed by atoms with Crippen LogP contribution in [0.2, 0.25) is 0 Å². The summed E-state index contributed by atoms with van der Waals surface area (Å²) in [6, 6.07) is 15.0. The number of hydrogen-bond acceptors (Lipinski definition) is 8.